The van der Waals surface area contributed by atoms with Crippen LogP contribution in [0.5, 0.6) is 0 Å². The molecule has 0 saturated carbocycles. The summed E-state index contributed by atoms with van der Waals surface area (Å²) in [6.45, 7) is 11.3. The maximum absolute atomic E-state index is 13.5. The zero-order valence-corrected chi connectivity index (χ0v) is 22.8. The number of sulfonamides is 1. The number of carbonyl (C=O) groups is 1. The van der Waals surface area contributed by atoms with Crippen molar-refractivity contribution in [3.05, 3.63) is 65.7 Å². The van der Waals surface area contributed by atoms with Crippen molar-refractivity contribution in [2.24, 2.45) is 11.8 Å². The van der Waals surface area contributed by atoms with E-state index in [-0.39, 0.29) is 23.9 Å². The normalized spacial score (nSPS) is 16.3. The highest BCUT2D eigenvalue weighted by molar-refractivity contribution is 7.89. The van der Waals surface area contributed by atoms with E-state index < -0.39 is 10.0 Å². The molecule has 35 heavy (non-hydrogen) atoms. The Kier molecular flexibility index (Phi) is 9.54. The first-order chi connectivity index (χ1) is 16.6. The lowest BCUT2D eigenvalue weighted by Crippen LogP contribution is -2.52. The van der Waals surface area contributed by atoms with Crippen LogP contribution in [-0.4, -0.2) is 48.7 Å². The fourth-order valence-electron chi connectivity index (χ4n) is 5.29. The van der Waals surface area contributed by atoms with Crippen molar-refractivity contribution >= 4 is 15.9 Å². The second kappa shape index (κ2) is 12.2. The van der Waals surface area contributed by atoms with Crippen molar-refractivity contribution in [3.8, 4) is 0 Å². The summed E-state index contributed by atoms with van der Waals surface area (Å²) in [6.07, 6.45) is 3.96. The largest absolute Gasteiger partial charge is 0.342 e. The second-order valence-corrected chi connectivity index (χ2v) is 12.5. The predicted octanol–water partition coefficient (Wildman–Crippen LogP) is 5.68. The molecule has 2 aromatic rings. The summed E-state index contributed by atoms with van der Waals surface area (Å²) in [5.41, 5.74) is 2.20. The van der Waals surface area contributed by atoms with Gasteiger partial charge in [0.1, 0.15) is 0 Å². The van der Waals surface area contributed by atoms with E-state index in [2.05, 4.69) is 26.0 Å². The molecule has 0 unspecified atom stereocenters. The molecular weight excluding hydrogens is 456 g/mol. The molecular formula is C29H42N2O3S. The number of carbonyl (C=O) groups excluding carboxylic acids is 1. The van der Waals surface area contributed by atoms with Gasteiger partial charge in [-0.2, -0.15) is 4.31 Å². The Labute approximate surface area is 212 Å². The molecule has 1 aliphatic rings. The lowest BCUT2D eigenvalue weighted by molar-refractivity contribution is -0.137. The van der Waals surface area contributed by atoms with E-state index in [0.717, 1.165) is 24.8 Å². The summed E-state index contributed by atoms with van der Waals surface area (Å²) in [5, 5.41) is 0. The molecule has 2 aromatic carbocycles. The van der Waals surface area contributed by atoms with Crippen LogP contribution < -0.4 is 0 Å². The van der Waals surface area contributed by atoms with Crippen molar-refractivity contribution in [1.29, 1.82) is 0 Å². The first-order valence-electron chi connectivity index (χ1n) is 13.0. The lowest BCUT2D eigenvalue weighted by atomic mass is 9.89. The molecule has 1 atom stereocenters. The van der Waals surface area contributed by atoms with Gasteiger partial charge in [0.2, 0.25) is 15.9 Å². The summed E-state index contributed by atoms with van der Waals surface area (Å²) in [5.74, 6) is 0.683. The van der Waals surface area contributed by atoms with Crippen LogP contribution in [0.25, 0.3) is 0 Å². The zero-order valence-electron chi connectivity index (χ0n) is 22.0. The minimum Gasteiger partial charge on any atom is -0.342 e. The zero-order chi connectivity index (χ0) is 25.6. The van der Waals surface area contributed by atoms with E-state index in [0.29, 0.717) is 36.7 Å². The van der Waals surface area contributed by atoms with Crippen molar-refractivity contribution < 1.29 is 13.2 Å². The van der Waals surface area contributed by atoms with Gasteiger partial charge in [0, 0.05) is 31.1 Å². The molecule has 3 rings (SSSR count). The van der Waals surface area contributed by atoms with E-state index in [9.17, 15) is 13.2 Å². The minimum atomic E-state index is -3.60. The molecule has 1 aliphatic heterocycles. The van der Waals surface area contributed by atoms with Gasteiger partial charge in [0.05, 0.1) is 4.90 Å². The van der Waals surface area contributed by atoms with Crippen LogP contribution >= 0.6 is 0 Å². The van der Waals surface area contributed by atoms with Crippen LogP contribution in [0.3, 0.4) is 0 Å². The smallest absolute Gasteiger partial charge is 0.243 e. The molecule has 1 heterocycles. The second-order valence-electron chi connectivity index (χ2n) is 10.7. The fraction of sp³-hybridized carbons (Fsp3) is 0.552. The Morgan fingerprint density at radius 1 is 1.00 bits per heavy atom. The third-order valence-electron chi connectivity index (χ3n) is 6.94. The molecule has 192 valence electrons. The quantitative estimate of drug-likeness (QED) is 0.423. The van der Waals surface area contributed by atoms with E-state index in [1.165, 1.54) is 5.56 Å². The monoisotopic (exact) mass is 498 g/mol. The molecule has 0 bridgehead atoms. The van der Waals surface area contributed by atoms with Crippen LogP contribution in [-0.2, 0) is 21.2 Å². The minimum absolute atomic E-state index is 0.00369. The number of nitrogens with zero attached hydrogens (tertiary/aromatic N) is 2. The van der Waals surface area contributed by atoms with Gasteiger partial charge in [-0.1, -0.05) is 56.3 Å². The van der Waals surface area contributed by atoms with E-state index in [1.807, 2.05) is 49.9 Å². The maximum Gasteiger partial charge on any atom is 0.243 e. The van der Waals surface area contributed by atoms with Crippen LogP contribution in [0.1, 0.15) is 64.5 Å². The number of likely N-dealkylation sites (tertiary alicyclic amines) is 1. The van der Waals surface area contributed by atoms with Gasteiger partial charge in [-0.15, -0.1) is 0 Å². The summed E-state index contributed by atoms with van der Waals surface area (Å²) in [7, 11) is -3.60. The Morgan fingerprint density at radius 3 is 2.23 bits per heavy atom. The molecule has 5 nitrogen and oxygen atoms in total. The lowest BCUT2D eigenvalue weighted by Gasteiger charge is -2.40. The van der Waals surface area contributed by atoms with Gasteiger partial charge >= 0.3 is 0 Å². The average Bonchev–Trinajstić information content (AvgIpc) is 2.82. The van der Waals surface area contributed by atoms with Crippen molar-refractivity contribution in [3.63, 3.8) is 0 Å². The molecule has 0 radical (unpaired) electrons. The fourth-order valence-corrected chi connectivity index (χ4v) is 7.28. The van der Waals surface area contributed by atoms with Crippen molar-refractivity contribution in [2.75, 3.05) is 13.1 Å². The molecule has 0 aromatic heterocycles. The summed E-state index contributed by atoms with van der Waals surface area (Å²) in [6, 6.07) is 17.2. The van der Waals surface area contributed by atoms with Gasteiger partial charge in [-0.05, 0) is 82.1 Å². The number of hydrogen-bond donors (Lipinski definition) is 0. The molecule has 0 N–H and O–H groups in total. The number of aryl methyl sites for hydroxylation is 2. The highest BCUT2D eigenvalue weighted by atomic mass is 32.2. The van der Waals surface area contributed by atoms with Crippen LogP contribution in [0.4, 0.5) is 0 Å². The van der Waals surface area contributed by atoms with Crippen LogP contribution in [0.2, 0.25) is 0 Å². The average molecular weight is 499 g/mol. The first kappa shape index (κ1) is 27.4. The molecule has 1 saturated heterocycles. The van der Waals surface area contributed by atoms with E-state index >= 15 is 0 Å². The highest BCUT2D eigenvalue weighted by Gasteiger charge is 2.37. The van der Waals surface area contributed by atoms with Gasteiger partial charge < -0.3 is 4.90 Å². The summed E-state index contributed by atoms with van der Waals surface area (Å²) < 4.78 is 28.7. The van der Waals surface area contributed by atoms with Crippen LogP contribution in [0.15, 0.2) is 59.5 Å². The predicted molar refractivity (Wildman–Crippen MR) is 143 cm³/mol. The Hall–Kier alpha value is -2.18. The van der Waals surface area contributed by atoms with E-state index in [4.69, 9.17) is 0 Å². The Bertz CT molecular complexity index is 1060. The number of rotatable bonds is 10. The number of hydrogen-bond acceptors (Lipinski definition) is 3. The van der Waals surface area contributed by atoms with E-state index in [1.54, 1.807) is 22.5 Å². The van der Waals surface area contributed by atoms with Gasteiger partial charge in [-0.25, -0.2) is 8.42 Å². The Morgan fingerprint density at radius 2 is 1.66 bits per heavy atom. The van der Waals surface area contributed by atoms with Gasteiger partial charge in [0.15, 0.2) is 0 Å². The van der Waals surface area contributed by atoms with Gasteiger partial charge in [-0.3, -0.25) is 4.79 Å². The Balaban J connectivity index is 1.68. The molecule has 0 spiro atoms. The third kappa shape index (κ3) is 7.17. The number of piperidine rings is 1. The molecule has 0 aliphatic carbocycles. The maximum atomic E-state index is 13.5. The summed E-state index contributed by atoms with van der Waals surface area (Å²) in [4.78, 5) is 15.8. The molecule has 1 fully saturated rings. The van der Waals surface area contributed by atoms with Crippen LogP contribution in [0, 0.1) is 18.8 Å². The SMILES string of the molecule is Cc1cccc(S(=O)(=O)N(C(C)C)C2CCN(C(=O)[C@@H](CCc3ccccc3)CC(C)C)CC2)c1. The highest BCUT2D eigenvalue weighted by Crippen LogP contribution is 2.29. The van der Waals surface area contributed by atoms with Crippen molar-refractivity contribution in [2.45, 2.75) is 83.7 Å². The standard InChI is InChI=1S/C29H42N2O3S/c1-22(2)20-26(15-14-25-11-7-6-8-12-25)29(32)30-18-16-27(17-19-30)31(23(3)4)35(33,34)28-13-9-10-24(5)21-28/h6-13,21-23,26-27H,14-20H2,1-5H3/t26-/m0/s1. The molecule has 1 amide bonds. The van der Waals surface area contributed by atoms with Crippen molar-refractivity contribution in [1.82, 2.24) is 9.21 Å². The first-order valence-corrected chi connectivity index (χ1v) is 14.5. The third-order valence-corrected chi connectivity index (χ3v) is 9.06. The summed E-state index contributed by atoms with van der Waals surface area (Å²) >= 11 is 0. The molecule has 6 heteroatoms. The van der Waals surface area contributed by atoms with Gasteiger partial charge in [0.25, 0.3) is 0 Å². The topological polar surface area (TPSA) is 57.7 Å². The number of amides is 1. The number of benzene rings is 2.